The Morgan fingerprint density at radius 2 is 0.581 bits per heavy atom. The zero-order valence-corrected chi connectivity index (χ0v) is 59.5. The van der Waals surface area contributed by atoms with Crippen LogP contribution in [0, 0.1) is 0 Å². The van der Waals surface area contributed by atoms with Crippen molar-refractivity contribution in [1.29, 1.82) is 0 Å². The maximum absolute atomic E-state index is 13.0. The molecule has 9 nitrogen and oxygen atoms in total. The van der Waals surface area contributed by atoms with Gasteiger partial charge in [0.1, 0.15) is 13.2 Å². The summed E-state index contributed by atoms with van der Waals surface area (Å²) in [5, 5.41) is 11.8. The molecule has 0 spiro atoms. The molecular weight excluding hydrogens is 1150 g/mol. The number of nitrogens with zero attached hydrogens (tertiary/aromatic N) is 1. The van der Waals surface area contributed by atoms with Gasteiger partial charge in [-0.15, -0.1) is 0 Å². The molecule has 2 unspecified atom stereocenters. The van der Waals surface area contributed by atoms with Crippen molar-refractivity contribution in [1.82, 2.24) is 0 Å². The quantitative estimate of drug-likeness (QED) is 0.0195. The van der Waals surface area contributed by atoms with E-state index in [-0.39, 0.29) is 38.6 Å². The number of esters is 2. The first-order valence-corrected chi connectivity index (χ1v) is 36.6. The predicted octanol–water partition coefficient (Wildman–Crippen LogP) is 22.0. The number of ether oxygens (including phenoxy) is 4. The van der Waals surface area contributed by atoms with Crippen LogP contribution in [-0.2, 0) is 33.3 Å². The zero-order chi connectivity index (χ0) is 67.5. The molecule has 9 heteroatoms. The molecule has 0 amide bonds. The maximum Gasteiger partial charge on any atom is 0.306 e. The highest BCUT2D eigenvalue weighted by Gasteiger charge is 2.22. The van der Waals surface area contributed by atoms with E-state index < -0.39 is 24.3 Å². The van der Waals surface area contributed by atoms with Gasteiger partial charge in [0.2, 0.25) is 0 Å². The molecule has 0 aromatic heterocycles. The van der Waals surface area contributed by atoms with Gasteiger partial charge in [0.25, 0.3) is 0 Å². The number of carboxylic acids is 1. The van der Waals surface area contributed by atoms with Crippen molar-refractivity contribution in [2.45, 2.75) is 270 Å². The van der Waals surface area contributed by atoms with Crippen LogP contribution in [0.5, 0.6) is 0 Å². The first-order valence-electron chi connectivity index (χ1n) is 36.6. The Balaban J connectivity index is 4.19. The van der Waals surface area contributed by atoms with Gasteiger partial charge in [-0.05, 0) is 141 Å². The predicted molar refractivity (Wildman–Crippen MR) is 397 cm³/mol. The van der Waals surface area contributed by atoms with E-state index >= 15 is 0 Å². The molecule has 0 bridgehead atoms. The van der Waals surface area contributed by atoms with Crippen molar-refractivity contribution >= 4 is 17.9 Å². The van der Waals surface area contributed by atoms with Crippen LogP contribution in [0.4, 0.5) is 0 Å². The summed E-state index contributed by atoms with van der Waals surface area (Å²) < 4.78 is 22.8. The van der Waals surface area contributed by atoms with Gasteiger partial charge in [0, 0.05) is 12.8 Å². The van der Waals surface area contributed by atoms with Crippen molar-refractivity contribution < 1.29 is 42.9 Å². The summed E-state index contributed by atoms with van der Waals surface area (Å²) in [5.41, 5.74) is 0. The normalized spacial score (nSPS) is 13.9. The molecular formula is C84H133NO8. The lowest BCUT2D eigenvalue weighted by molar-refractivity contribution is -0.870. The zero-order valence-electron chi connectivity index (χ0n) is 59.5. The lowest BCUT2D eigenvalue weighted by atomic mass is 10.0. The van der Waals surface area contributed by atoms with Crippen LogP contribution in [0.2, 0.25) is 0 Å². The molecule has 0 aliphatic carbocycles. The number of hydrogen-bond acceptors (Lipinski definition) is 8. The number of quaternary nitrogens is 1. The summed E-state index contributed by atoms with van der Waals surface area (Å²) in [7, 11) is 5.91. The molecule has 0 aromatic carbocycles. The van der Waals surface area contributed by atoms with Gasteiger partial charge in [-0.25, -0.2) is 0 Å². The Kier molecular flexibility index (Phi) is 67.4. The minimum absolute atomic E-state index is 0.135. The van der Waals surface area contributed by atoms with Crippen LogP contribution in [0.25, 0.3) is 0 Å². The molecule has 0 saturated carbocycles. The first kappa shape index (κ1) is 87.1. The summed E-state index contributed by atoms with van der Waals surface area (Å²) in [5.74, 6) is -2.32. The van der Waals surface area contributed by atoms with Gasteiger partial charge >= 0.3 is 11.9 Å². The lowest BCUT2D eigenvalue weighted by Crippen LogP contribution is -2.44. The number of likely N-dealkylation sites (N-methyl/N-ethyl adjacent to an activating group) is 1. The number of allylic oxidation sites excluding steroid dienone is 32. The van der Waals surface area contributed by atoms with E-state index in [0.29, 0.717) is 17.4 Å². The number of aliphatic carboxylic acids is 1. The second kappa shape index (κ2) is 72.0. The van der Waals surface area contributed by atoms with Crippen LogP contribution in [0.15, 0.2) is 194 Å². The Hall–Kier alpha value is -5.87. The summed E-state index contributed by atoms with van der Waals surface area (Å²) in [6.07, 6.45) is 108. The smallest absolute Gasteiger partial charge is 0.306 e. The minimum Gasteiger partial charge on any atom is -0.545 e. The van der Waals surface area contributed by atoms with Crippen LogP contribution in [0.1, 0.15) is 258 Å². The van der Waals surface area contributed by atoms with Gasteiger partial charge in [-0.1, -0.05) is 298 Å². The molecule has 0 fully saturated rings. The van der Waals surface area contributed by atoms with Crippen LogP contribution in [-0.4, -0.2) is 82.3 Å². The third-order valence-electron chi connectivity index (χ3n) is 14.8. The van der Waals surface area contributed by atoms with E-state index in [1.165, 1.54) is 64.2 Å². The topological polar surface area (TPSA) is 111 Å². The van der Waals surface area contributed by atoms with E-state index in [1.807, 2.05) is 21.1 Å². The molecule has 0 aliphatic rings. The highest BCUT2D eigenvalue weighted by atomic mass is 16.7. The van der Waals surface area contributed by atoms with Gasteiger partial charge in [-0.3, -0.25) is 9.59 Å². The van der Waals surface area contributed by atoms with Crippen LogP contribution >= 0.6 is 0 Å². The molecule has 2 atom stereocenters. The van der Waals surface area contributed by atoms with E-state index in [9.17, 15) is 19.5 Å². The van der Waals surface area contributed by atoms with Crippen molar-refractivity contribution in [2.75, 3.05) is 47.5 Å². The summed E-state index contributed by atoms with van der Waals surface area (Å²) in [6, 6.07) is 0. The van der Waals surface area contributed by atoms with E-state index in [2.05, 4.69) is 208 Å². The summed E-state index contributed by atoms with van der Waals surface area (Å²) >= 11 is 0. The number of rotatable bonds is 65. The first-order chi connectivity index (χ1) is 45.6. The second-order valence-electron chi connectivity index (χ2n) is 24.8. The Morgan fingerprint density at radius 1 is 0.323 bits per heavy atom. The fourth-order valence-electron chi connectivity index (χ4n) is 9.33. The van der Waals surface area contributed by atoms with Crippen LogP contribution in [0.3, 0.4) is 0 Å². The molecule has 93 heavy (non-hydrogen) atoms. The molecule has 0 aliphatic heterocycles. The van der Waals surface area contributed by atoms with Crippen molar-refractivity contribution in [3.8, 4) is 0 Å². The fraction of sp³-hybridized carbons (Fsp3) is 0.583. The van der Waals surface area contributed by atoms with E-state index in [1.54, 1.807) is 0 Å². The maximum atomic E-state index is 13.0. The molecule has 0 N–H and O–H groups in total. The fourth-order valence-corrected chi connectivity index (χ4v) is 9.33. The van der Waals surface area contributed by atoms with E-state index in [0.717, 1.165) is 161 Å². The number of carbonyl (C=O) groups excluding carboxylic acids is 3. The number of hydrogen-bond donors (Lipinski definition) is 0. The molecule has 522 valence electrons. The monoisotopic (exact) mass is 1280 g/mol. The number of carboxylic acid groups (broad SMARTS) is 1. The lowest BCUT2D eigenvalue weighted by Gasteiger charge is -2.26. The average molecular weight is 1280 g/mol. The number of carbonyl (C=O) groups is 3. The highest BCUT2D eigenvalue weighted by Crippen LogP contribution is 2.15. The third-order valence-corrected chi connectivity index (χ3v) is 14.8. The second-order valence-corrected chi connectivity index (χ2v) is 24.8. The molecule has 0 rings (SSSR count). The van der Waals surface area contributed by atoms with Gasteiger partial charge < -0.3 is 33.3 Å². The largest absolute Gasteiger partial charge is 0.545 e. The van der Waals surface area contributed by atoms with Gasteiger partial charge in [0.15, 0.2) is 12.4 Å². The van der Waals surface area contributed by atoms with Crippen LogP contribution < -0.4 is 5.11 Å². The summed E-state index contributed by atoms with van der Waals surface area (Å²) in [6.45, 7) is 4.49. The molecule has 0 saturated heterocycles. The average Bonchev–Trinajstić information content (AvgIpc) is 3.38. The van der Waals surface area contributed by atoms with E-state index in [4.69, 9.17) is 18.9 Å². The Morgan fingerprint density at radius 3 is 0.860 bits per heavy atom. The Bertz CT molecular complexity index is 2230. The van der Waals surface area contributed by atoms with Crippen molar-refractivity contribution in [2.24, 2.45) is 0 Å². The third kappa shape index (κ3) is 73.4. The Labute approximate surface area is 570 Å². The standard InChI is InChI=1S/C84H133NO8/c1-6-8-10-12-14-16-18-20-22-24-26-28-30-32-34-36-37-38-39-40-41-42-43-44-45-47-49-51-53-55-57-59-61-63-65-67-69-71-73-75-82(87)93-80(79-92-84(83(88)89)90-77-76-85(3,4)5)78-91-81(86)74-72-70-68-66-64-62-60-58-56-54-52-50-48-46-35-33-31-29-27-25-23-21-19-17-15-13-11-9-7-2/h8-11,14-17,20-23,26-29,32-35,37-38,40-41,43-44,47-50,54,56,80,84H,6-7,12-13,18-19,24-25,30-31,36,39,42,45-46,51-53,55,57-79H2,1-5H3/b10-8-,11-9-,16-14-,17-15-,22-20-,23-21-,28-26-,29-27-,34-32-,35-33-,38-37-,41-40-,44-43-,49-47-,50-48-,56-54-. The van der Waals surface area contributed by atoms with Gasteiger partial charge in [0.05, 0.1) is 40.3 Å². The minimum atomic E-state index is -1.64. The molecule has 0 radical (unpaired) electrons. The molecule has 0 aromatic rings. The van der Waals surface area contributed by atoms with Crippen molar-refractivity contribution in [3.05, 3.63) is 194 Å². The molecule has 0 heterocycles. The summed E-state index contributed by atoms with van der Waals surface area (Å²) in [4.78, 5) is 37.5. The SMILES string of the molecule is CC/C=C\C/C=C\C/C=C\C/C=C\C/C=C\C/C=C\C/C=C\C/C=C\C/C=C\CCCCCCCCCCCCCC(=O)OC(COC(=O)CCCCCCCCC/C=C\C/C=C\C/C=C\C/C=C\C/C=C\C/C=C\C/C=C\CC)COC(OCC[N+](C)(C)C)C(=O)[O-]. The number of unbranched alkanes of at least 4 members (excludes halogenated alkanes) is 18. The van der Waals surface area contributed by atoms with Gasteiger partial charge in [-0.2, -0.15) is 0 Å². The van der Waals surface area contributed by atoms with Crippen molar-refractivity contribution in [3.63, 3.8) is 0 Å². The highest BCUT2D eigenvalue weighted by molar-refractivity contribution is 5.70.